The maximum absolute atomic E-state index is 12.3. The van der Waals surface area contributed by atoms with Crippen molar-refractivity contribution in [1.82, 2.24) is 9.88 Å². The fourth-order valence-electron chi connectivity index (χ4n) is 2.48. The first-order valence-corrected chi connectivity index (χ1v) is 7.00. The van der Waals surface area contributed by atoms with E-state index in [2.05, 4.69) is 4.98 Å². The molecule has 0 spiro atoms. The molecular formula is C17H22N2O2. The summed E-state index contributed by atoms with van der Waals surface area (Å²) >= 11 is 0. The number of methoxy groups -OCH3 is 1. The lowest BCUT2D eigenvalue weighted by Gasteiger charge is -2.16. The highest BCUT2D eigenvalue weighted by atomic mass is 16.5. The molecule has 0 unspecified atom stereocenters. The van der Waals surface area contributed by atoms with Gasteiger partial charge in [-0.2, -0.15) is 0 Å². The Morgan fingerprint density at radius 3 is 2.67 bits per heavy atom. The van der Waals surface area contributed by atoms with E-state index in [4.69, 9.17) is 4.74 Å². The van der Waals surface area contributed by atoms with Gasteiger partial charge in [-0.3, -0.25) is 9.69 Å². The average molecular weight is 286 g/mol. The molecule has 21 heavy (non-hydrogen) atoms. The second-order valence-corrected chi connectivity index (χ2v) is 5.44. The van der Waals surface area contributed by atoms with Gasteiger partial charge in [-0.15, -0.1) is 0 Å². The van der Waals surface area contributed by atoms with Crippen molar-refractivity contribution in [3.8, 4) is 5.75 Å². The first-order valence-electron chi connectivity index (χ1n) is 7.00. The number of aromatic nitrogens is 1. The van der Waals surface area contributed by atoms with Gasteiger partial charge >= 0.3 is 0 Å². The molecule has 112 valence electrons. The monoisotopic (exact) mass is 286 g/mol. The number of hydrogen-bond donors (Lipinski definition) is 1. The van der Waals surface area contributed by atoms with Crippen LogP contribution in [0.25, 0.3) is 0 Å². The van der Waals surface area contributed by atoms with E-state index in [1.165, 1.54) is 0 Å². The normalized spacial score (nSPS) is 10.9. The van der Waals surface area contributed by atoms with Crippen molar-refractivity contribution < 1.29 is 9.53 Å². The summed E-state index contributed by atoms with van der Waals surface area (Å²) in [4.78, 5) is 17.5. The van der Waals surface area contributed by atoms with Gasteiger partial charge in [0.05, 0.1) is 13.7 Å². The number of nitrogens with one attached hydrogen (secondary N) is 1. The van der Waals surface area contributed by atoms with E-state index in [0.717, 1.165) is 28.3 Å². The molecule has 0 bridgehead atoms. The molecule has 0 fully saturated rings. The molecule has 1 N–H and O–H groups in total. The Morgan fingerprint density at radius 2 is 2.05 bits per heavy atom. The van der Waals surface area contributed by atoms with Gasteiger partial charge in [0.25, 0.3) is 0 Å². The van der Waals surface area contributed by atoms with Crippen molar-refractivity contribution in [2.75, 3.05) is 20.7 Å². The second kappa shape index (κ2) is 6.59. The molecule has 0 saturated carbocycles. The number of likely N-dealkylation sites (N-methyl/N-ethyl adjacent to an activating group) is 1. The Balaban J connectivity index is 1.99. The minimum Gasteiger partial charge on any atom is -0.497 e. The van der Waals surface area contributed by atoms with Crippen LogP contribution in [0, 0.1) is 13.8 Å². The van der Waals surface area contributed by atoms with Gasteiger partial charge in [-0.1, -0.05) is 12.1 Å². The van der Waals surface area contributed by atoms with E-state index in [1.807, 2.05) is 56.1 Å². The van der Waals surface area contributed by atoms with Crippen LogP contribution in [-0.2, 0) is 6.54 Å². The van der Waals surface area contributed by atoms with Crippen molar-refractivity contribution in [3.05, 3.63) is 52.8 Å². The quantitative estimate of drug-likeness (QED) is 0.830. The molecule has 1 aromatic heterocycles. The molecule has 0 atom stereocenters. The average Bonchev–Trinajstić information content (AvgIpc) is 2.77. The molecule has 1 heterocycles. The van der Waals surface area contributed by atoms with Crippen LogP contribution in [0.5, 0.6) is 5.75 Å². The summed E-state index contributed by atoms with van der Waals surface area (Å²) in [5, 5.41) is 0. The Kier molecular flexibility index (Phi) is 4.81. The fraction of sp³-hybridized carbons (Fsp3) is 0.353. The highest BCUT2D eigenvalue weighted by molar-refractivity contribution is 5.98. The SMILES string of the molecule is COc1cccc(CN(C)CC(=O)c2cc(C)[nH]c2C)c1. The van der Waals surface area contributed by atoms with Crippen molar-refractivity contribution >= 4 is 5.78 Å². The van der Waals surface area contributed by atoms with E-state index in [9.17, 15) is 4.79 Å². The largest absolute Gasteiger partial charge is 0.497 e. The third-order valence-corrected chi connectivity index (χ3v) is 3.45. The topological polar surface area (TPSA) is 45.3 Å². The third-order valence-electron chi connectivity index (χ3n) is 3.45. The maximum atomic E-state index is 12.3. The maximum Gasteiger partial charge on any atom is 0.178 e. The molecule has 4 nitrogen and oxygen atoms in total. The van der Waals surface area contributed by atoms with Gasteiger partial charge in [0.15, 0.2) is 5.78 Å². The second-order valence-electron chi connectivity index (χ2n) is 5.44. The minimum absolute atomic E-state index is 0.141. The number of H-pyrrole nitrogens is 1. The number of aromatic amines is 1. The van der Waals surface area contributed by atoms with E-state index in [-0.39, 0.29) is 5.78 Å². The number of hydrogen-bond acceptors (Lipinski definition) is 3. The summed E-state index contributed by atoms with van der Waals surface area (Å²) < 4.78 is 5.22. The summed E-state index contributed by atoms with van der Waals surface area (Å²) in [6.07, 6.45) is 0. The minimum atomic E-state index is 0.141. The fourth-order valence-corrected chi connectivity index (χ4v) is 2.48. The molecule has 0 radical (unpaired) electrons. The molecule has 1 aromatic carbocycles. The smallest absolute Gasteiger partial charge is 0.178 e. The molecule has 0 aliphatic heterocycles. The standard InChI is InChI=1S/C17H22N2O2/c1-12-8-16(13(2)18-12)17(20)11-19(3)10-14-6-5-7-15(9-14)21-4/h5-9,18H,10-11H2,1-4H3. The number of carbonyl (C=O) groups is 1. The molecule has 4 heteroatoms. The number of rotatable bonds is 6. The van der Waals surface area contributed by atoms with E-state index in [0.29, 0.717) is 13.1 Å². The van der Waals surface area contributed by atoms with Gasteiger partial charge in [0, 0.05) is 23.5 Å². The predicted octanol–water partition coefficient (Wildman–Crippen LogP) is 2.95. The first-order chi connectivity index (χ1) is 9.99. The van der Waals surface area contributed by atoms with Gasteiger partial charge in [-0.05, 0) is 44.7 Å². The van der Waals surface area contributed by atoms with Crippen LogP contribution in [0.1, 0.15) is 27.3 Å². The molecule has 2 rings (SSSR count). The van der Waals surface area contributed by atoms with Crippen LogP contribution < -0.4 is 4.74 Å². The third kappa shape index (κ3) is 3.95. The molecule has 0 saturated heterocycles. The predicted molar refractivity (Wildman–Crippen MR) is 83.9 cm³/mol. The number of nitrogens with zero attached hydrogens (tertiary/aromatic N) is 1. The number of ketones is 1. The van der Waals surface area contributed by atoms with E-state index in [1.54, 1.807) is 7.11 Å². The van der Waals surface area contributed by atoms with Crippen LogP contribution in [0.15, 0.2) is 30.3 Å². The van der Waals surface area contributed by atoms with Gasteiger partial charge in [0.2, 0.25) is 0 Å². The van der Waals surface area contributed by atoms with Crippen LogP contribution in [0.4, 0.5) is 0 Å². The van der Waals surface area contributed by atoms with Crippen LogP contribution >= 0.6 is 0 Å². The van der Waals surface area contributed by atoms with Gasteiger partial charge in [0.1, 0.15) is 5.75 Å². The summed E-state index contributed by atoms with van der Waals surface area (Å²) in [5.74, 6) is 0.978. The number of carbonyl (C=O) groups excluding carboxylic acids is 1. The van der Waals surface area contributed by atoms with Crippen molar-refractivity contribution in [2.24, 2.45) is 0 Å². The molecule has 0 aliphatic carbocycles. The zero-order chi connectivity index (χ0) is 15.4. The molecular weight excluding hydrogens is 264 g/mol. The zero-order valence-electron chi connectivity index (χ0n) is 13.1. The zero-order valence-corrected chi connectivity index (χ0v) is 13.1. The molecule has 0 amide bonds. The number of benzene rings is 1. The van der Waals surface area contributed by atoms with Crippen molar-refractivity contribution in [2.45, 2.75) is 20.4 Å². The van der Waals surface area contributed by atoms with Crippen molar-refractivity contribution in [3.63, 3.8) is 0 Å². The highest BCUT2D eigenvalue weighted by Crippen LogP contribution is 2.15. The number of ether oxygens (including phenoxy) is 1. The lowest BCUT2D eigenvalue weighted by atomic mass is 10.1. The van der Waals surface area contributed by atoms with Crippen LogP contribution in [0.3, 0.4) is 0 Å². The summed E-state index contributed by atoms with van der Waals surface area (Å²) in [6.45, 7) is 5.01. The lowest BCUT2D eigenvalue weighted by molar-refractivity contribution is 0.0942. The lowest BCUT2D eigenvalue weighted by Crippen LogP contribution is -2.25. The first kappa shape index (κ1) is 15.3. The van der Waals surface area contributed by atoms with Gasteiger partial charge in [-0.25, -0.2) is 0 Å². The summed E-state index contributed by atoms with van der Waals surface area (Å²) in [7, 11) is 3.61. The molecule has 2 aromatic rings. The Bertz CT molecular complexity index is 631. The van der Waals surface area contributed by atoms with E-state index < -0.39 is 0 Å². The number of aryl methyl sites for hydroxylation is 2. The Labute approximate surface area is 125 Å². The summed E-state index contributed by atoms with van der Waals surface area (Å²) in [5.41, 5.74) is 3.87. The highest BCUT2D eigenvalue weighted by Gasteiger charge is 2.14. The van der Waals surface area contributed by atoms with Gasteiger partial charge < -0.3 is 9.72 Å². The Morgan fingerprint density at radius 1 is 1.29 bits per heavy atom. The van der Waals surface area contributed by atoms with Crippen LogP contribution in [-0.4, -0.2) is 36.4 Å². The van der Waals surface area contributed by atoms with Crippen molar-refractivity contribution in [1.29, 1.82) is 0 Å². The number of Topliss-reactive ketones (excluding diaryl/α,β-unsaturated/α-hetero) is 1. The van der Waals surface area contributed by atoms with Crippen LogP contribution in [0.2, 0.25) is 0 Å². The summed E-state index contributed by atoms with van der Waals surface area (Å²) in [6, 6.07) is 9.82. The Hall–Kier alpha value is -2.07. The van der Waals surface area contributed by atoms with E-state index >= 15 is 0 Å². The molecule has 0 aliphatic rings.